The molecule has 5 unspecified atom stereocenters. The molecular weight excluding hydrogens is 818 g/mol. The van der Waals surface area contributed by atoms with Crippen molar-refractivity contribution in [3.63, 3.8) is 0 Å². The first-order valence-electron chi connectivity index (χ1n) is 17.7. The van der Waals surface area contributed by atoms with Gasteiger partial charge in [0.05, 0.1) is 35.0 Å². The van der Waals surface area contributed by atoms with Crippen molar-refractivity contribution < 1.29 is 96.3 Å². The summed E-state index contributed by atoms with van der Waals surface area (Å²) in [6.07, 6.45) is -7.57. The van der Waals surface area contributed by atoms with E-state index in [1.165, 1.54) is 26.0 Å². The van der Waals surface area contributed by atoms with Gasteiger partial charge in [-0.3, -0.25) is 24.0 Å². The summed E-state index contributed by atoms with van der Waals surface area (Å²) in [7, 11) is 0. The second-order valence-electron chi connectivity index (χ2n) is 14.5. The van der Waals surface area contributed by atoms with Gasteiger partial charge in [-0.2, -0.15) is 43.9 Å². The van der Waals surface area contributed by atoms with Gasteiger partial charge in [0.2, 0.25) is 11.8 Å². The summed E-state index contributed by atoms with van der Waals surface area (Å²) < 4.78 is 176. The maximum absolute atomic E-state index is 14.9. The molecule has 1 aromatic rings. The average Bonchev–Trinajstić information content (AvgIpc) is 3.37. The number of amides is 2. The molecule has 2 amide bonds. The van der Waals surface area contributed by atoms with Crippen LogP contribution in [0.5, 0.6) is 0 Å². The van der Waals surface area contributed by atoms with E-state index in [0.717, 1.165) is 6.92 Å². The maximum atomic E-state index is 14.9. The van der Waals surface area contributed by atoms with E-state index in [9.17, 15) is 81.8 Å². The molecule has 1 heterocycles. The number of carboxylic acid groups (broad SMARTS) is 1. The molecule has 330 valence electrons. The highest BCUT2D eigenvalue weighted by atomic mass is 19.4. The predicted octanol–water partition coefficient (Wildman–Crippen LogP) is 7.36. The van der Waals surface area contributed by atoms with Crippen LogP contribution in [0.15, 0.2) is 18.2 Å². The van der Waals surface area contributed by atoms with Crippen LogP contribution in [0.1, 0.15) is 71.9 Å². The first kappa shape index (κ1) is 50.0. The van der Waals surface area contributed by atoms with E-state index in [-0.39, 0.29) is 24.9 Å². The molecule has 1 aliphatic heterocycles. The highest BCUT2D eigenvalue weighted by Gasteiger charge is 2.88. The van der Waals surface area contributed by atoms with E-state index in [1.54, 1.807) is 19.9 Å². The number of aliphatic hydroxyl groups is 1. The number of hydrogen-bond acceptors (Lipinski definition) is 8. The van der Waals surface area contributed by atoms with Crippen LogP contribution < -0.4 is 4.90 Å². The summed E-state index contributed by atoms with van der Waals surface area (Å²) in [5.74, 6) is -50.8. The Morgan fingerprint density at radius 3 is 1.74 bits per heavy atom. The van der Waals surface area contributed by atoms with Gasteiger partial charge in [-0.15, -0.1) is 0 Å². The Kier molecular flexibility index (Phi) is 15.2. The molecule has 10 nitrogen and oxygen atoms in total. The van der Waals surface area contributed by atoms with E-state index in [1.807, 2.05) is 0 Å². The molecule has 2 rings (SSSR count). The summed E-state index contributed by atoms with van der Waals surface area (Å²) in [6.45, 7) is 3.01. The van der Waals surface area contributed by atoms with Crippen LogP contribution in [-0.2, 0) is 46.3 Å². The van der Waals surface area contributed by atoms with Gasteiger partial charge < -0.3 is 19.7 Å². The fourth-order valence-electron chi connectivity index (χ4n) is 6.86. The molecule has 1 aliphatic rings. The van der Waals surface area contributed by atoms with Gasteiger partial charge in [0.15, 0.2) is 6.61 Å². The van der Waals surface area contributed by atoms with Crippen LogP contribution in [-0.4, -0.2) is 95.8 Å². The Hall–Kier alpha value is -4.11. The number of carboxylic acids is 1. The Morgan fingerprint density at radius 2 is 1.31 bits per heavy atom. The minimum Gasteiger partial charge on any atom is -0.481 e. The van der Waals surface area contributed by atoms with Gasteiger partial charge in [-0.05, 0) is 57.1 Å². The number of para-hydroxylation sites is 1. The zero-order chi connectivity index (χ0) is 45.2. The minimum atomic E-state index is -7.95. The number of benzene rings is 1. The van der Waals surface area contributed by atoms with Gasteiger partial charge in [0, 0.05) is 5.92 Å². The molecular formula is C36H43F12NO9. The predicted molar refractivity (Wildman–Crippen MR) is 177 cm³/mol. The molecule has 0 saturated carbocycles. The van der Waals surface area contributed by atoms with Gasteiger partial charge in [0.1, 0.15) is 6.61 Å². The monoisotopic (exact) mass is 861 g/mol. The lowest BCUT2D eigenvalue weighted by atomic mass is 9.65. The van der Waals surface area contributed by atoms with Gasteiger partial charge in [0.25, 0.3) is 0 Å². The van der Waals surface area contributed by atoms with E-state index in [2.05, 4.69) is 4.74 Å². The molecule has 0 aliphatic carbocycles. The third kappa shape index (κ3) is 8.62. The smallest absolute Gasteiger partial charge is 0.384 e. The molecule has 0 aromatic heterocycles. The molecule has 1 aromatic carbocycles. The normalized spacial score (nSPS) is 19.8. The number of nitrogens with zero attached hydrogens (tertiary/aromatic N) is 1. The van der Waals surface area contributed by atoms with Gasteiger partial charge in [-0.25, -0.2) is 13.7 Å². The first-order valence-corrected chi connectivity index (χ1v) is 17.7. The van der Waals surface area contributed by atoms with Crippen molar-refractivity contribution in [1.82, 2.24) is 0 Å². The third-order valence-corrected chi connectivity index (χ3v) is 10.6. The van der Waals surface area contributed by atoms with Crippen molar-refractivity contribution in [3.8, 4) is 0 Å². The lowest BCUT2D eigenvalue weighted by Gasteiger charge is -2.40. The Morgan fingerprint density at radius 1 is 0.793 bits per heavy atom. The van der Waals surface area contributed by atoms with Crippen molar-refractivity contribution >= 4 is 35.4 Å². The number of rotatable bonds is 21. The lowest BCUT2D eigenvalue weighted by molar-refractivity contribution is -0.414. The quantitative estimate of drug-likeness (QED) is 0.0736. The van der Waals surface area contributed by atoms with Gasteiger partial charge >= 0.3 is 53.9 Å². The maximum Gasteiger partial charge on any atom is 0.384 e. The number of aryl methyl sites for hydroxylation is 2. The second-order valence-corrected chi connectivity index (χ2v) is 14.5. The topological polar surface area (TPSA) is 148 Å². The highest BCUT2D eigenvalue weighted by molar-refractivity contribution is 6.23. The molecule has 58 heavy (non-hydrogen) atoms. The molecule has 22 heteroatoms. The number of alkyl halides is 12. The number of halogens is 12. The van der Waals surface area contributed by atoms with Crippen LogP contribution in [0.3, 0.4) is 0 Å². The molecule has 0 spiro atoms. The molecule has 0 bridgehead atoms. The zero-order valence-electron chi connectivity index (χ0n) is 31.9. The van der Waals surface area contributed by atoms with Crippen molar-refractivity contribution in [2.24, 2.45) is 28.6 Å². The number of imide groups is 1. The van der Waals surface area contributed by atoms with Crippen LogP contribution in [0.2, 0.25) is 0 Å². The van der Waals surface area contributed by atoms with Crippen LogP contribution >= 0.6 is 0 Å². The van der Waals surface area contributed by atoms with Crippen molar-refractivity contribution in [2.45, 2.75) is 110 Å². The summed E-state index contributed by atoms with van der Waals surface area (Å²) in [6, 6.07) is 4.65. The Labute approximate surface area is 324 Å². The summed E-state index contributed by atoms with van der Waals surface area (Å²) in [5, 5.41) is 19.3. The number of carbonyl (C=O) groups excluding carboxylic acids is 4. The average molecular weight is 862 g/mol. The number of anilines is 1. The molecule has 1 fully saturated rings. The van der Waals surface area contributed by atoms with Crippen LogP contribution in [0.25, 0.3) is 0 Å². The highest BCUT2D eigenvalue weighted by Crippen LogP contribution is 2.58. The number of hydrogen-bond donors (Lipinski definition) is 2. The largest absolute Gasteiger partial charge is 0.481 e. The summed E-state index contributed by atoms with van der Waals surface area (Å²) in [5.41, 5.74) is -3.86. The Balaban J connectivity index is 2.80. The lowest BCUT2D eigenvalue weighted by Crippen LogP contribution is -2.69. The summed E-state index contributed by atoms with van der Waals surface area (Å²) in [4.78, 5) is 68.4. The number of carbonyl (C=O) groups is 5. The van der Waals surface area contributed by atoms with Gasteiger partial charge in [-0.1, -0.05) is 45.9 Å². The van der Waals surface area contributed by atoms with E-state index in [4.69, 9.17) is 9.84 Å². The van der Waals surface area contributed by atoms with Crippen molar-refractivity contribution in [1.29, 1.82) is 0 Å². The van der Waals surface area contributed by atoms with E-state index < -0.39 is 127 Å². The molecule has 2 N–H and O–H groups in total. The zero-order valence-corrected chi connectivity index (χ0v) is 31.9. The van der Waals surface area contributed by atoms with E-state index in [0.29, 0.717) is 23.0 Å². The van der Waals surface area contributed by atoms with Crippen LogP contribution in [0, 0.1) is 28.6 Å². The molecule has 1 saturated heterocycles. The van der Waals surface area contributed by atoms with Crippen molar-refractivity contribution in [3.05, 3.63) is 29.3 Å². The minimum absolute atomic E-state index is 0.0301. The van der Waals surface area contributed by atoms with Crippen LogP contribution in [0.4, 0.5) is 58.4 Å². The number of esters is 2. The third-order valence-electron chi connectivity index (χ3n) is 10.6. The summed E-state index contributed by atoms with van der Waals surface area (Å²) >= 11 is 0. The molecule has 5 atom stereocenters. The molecule has 0 radical (unpaired) electrons. The SMILES string of the molecule is CCc1cccc(CC)c1N1C(=O)C(C)C(C(C)(CC(CC(C)(CC)C(=O)OCCO)C(=O)O)C(=O)OCC(F)(F)C(F)(F)C(F)(F)C(F)(F)C(F)(F)C(F)F)C1=O. The van der Waals surface area contributed by atoms with Crippen molar-refractivity contribution in [2.75, 3.05) is 24.7 Å². The fourth-order valence-corrected chi connectivity index (χ4v) is 6.86. The standard InChI is InChI=1S/C36H43F12NO9/c1-7-19-11-10-12-20(8-2)23(19)49-24(51)18(4)22(25(49)52)31(6,16-21(26(53)54)15-30(5,9-3)28(55)57-14-13-50)29(56)58-17-32(39,40)34(43,44)36(47,48)35(45,46)33(41,42)27(37)38/h10-12,18,21-22,27,50H,7-9,13-17H2,1-6H3,(H,53,54). The number of aliphatic carboxylic acids is 1. The number of aliphatic hydroxyl groups excluding tert-OH is 1. The number of ether oxygens (including phenoxy) is 2. The fraction of sp³-hybridized carbons (Fsp3) is 0.694. The second kappa shape index (κ2) is 17.6. The Bertz CT molecular complexity index is 1690. The van der Waals surface area contributed by atoms with E-state index >= 15 is 0 Å². The first-order chi connectivity index (χ1) is 26.4.